The first-order valence-corrected chi connectivity index (χ1v) is 6.06. The lowest BCUT2D eigenvalue weighted by atomic mass is 10.1. The minimum absolute atomic E-state index is 0.0150. The van der Waals surface area contributed by atoms with Crippen molar-refractivity contribution in [3.63, 3.8) is 0 Å². The van der Waals surface area contributed by atoms with Gasteiger partial charge in [-0.1, -0.05) is 18.2 Å². The fourth-order valence-electron chi connectivity index (χ4n) is 1.90. The number of hydrogen-bond donors (Lipinski definition) is 1. The molecule has 0 radical (unpaired) electrons. The predicted molar refractivity (Wildman–Crippen MR) is 70.6 cm³/mol. The van der Waals surface area contributed by atoms with Crippen LogP contribution in [0, 0.1) is 12.7 Å². The summed E-state index contributed by atoms with van der Waals surface area (Å²) >= 11 is 0. The maximum Gasteiger partial charge on any atom is 0.127 e. The largest absolute Gasteiger partial charge is 0.306 e. The number of hydrogen-bond acceptors (Lipinski definition) is 2. The molecule has 1 aromatic carbocycles. The van der Waals surface area contributed by atoms with Crippen molar-refractivity contribution in [1.82, 2.24) is 10.3 Å². The van der Waals surface area contributed by atoms with Crippen LogP contribution in [0.15, 0.2) is 42.7 Å². The maximum atomic E-state index is 13.6. The van der Waals surface area contributed by atoms with E-state index in [1.165, 1.54) is 11.6 Å². The summed E-state index contributed by atoms with van der Waals surface area (Å²) in [4.78, 5) is 4.06. The van der Waals surface area contributed by atoms with Crippen LogP contribution in [0.1, 0.15) is 29.7 Å². The van der Waals surface area contributed by atoms with Crippen LogP contribution >= 0.6 is 0 Å². The number of aromatic nitrogens is 1. The first kappa shape index (κ1) is 12.7. The molecule has 0 amide bonds. The van der Waals surface area contributed by atoms with Crippen LogP contribution in [-0.4, -0.2) is 4.98 Å². The molecule has 94 valence electrons. The summed E-state index contributed by atoms with van der Waals surface area (Å²) in [5.74, 6) is -0.163. The molecular weight excluding hydrogens is 227 g/mol. The van der Waals surface area contributed by atoms with Gasteiger partial charge in [0.1, 0.15) is 5.82 Å². The summed E-state index contributed by atoms with van der Waals surface area (Å²) in [5.41, 5.74) is 3.03. The van der Waals surface area contributed by atoms with E-state index in [1.54, 1.807) is 12.3 Å². The van der Waals surface area contributed by atoms with Crippen LogP contribution in [0.2, 0.25) is 0 Å². The van der Waals surface area contributed by atoms with Crippen molar-refractivity contribution in [2.75, 3.05) is 0 Å². The third-order valence-corrected chi connectivity index (χ3v) is 3.11. The maximum absolute atomic E-state index is 13.6. The molecule has 3 heteroatoms. The van der Waals surface area contributed by atoms with E-state index in [-0.39, 0.29) is 11.9 Å². The minimum Gasteiger partial charge on any atom is -0.306 e. The average Bonchev–Trinajstić information content (AvgIpc) is 2.38. The van der Waals surface area contributed by atoms with Gasteiger partial charge in [-0.15, -0.1) is 0 Å². The molecule has 1 heterocycles. The first-order valence-electron chi connectivity index (χ1n) is 6.06. The zero-order chi connectivity index (χ0) is 13.0. The van der Waals surface area contributed by atoms with Crippen LogP contribution in [0.5, 0.6) is 0 Å². The van der Waals surface area contributed by atoms with E-state index in [4.69, 9.17) is 0 Å². The lowest BCUT2D eigenvalue weighted by Crippen LogP contribution is -2.19. The Kier molecular flexibility index (Phi) is 4.05. The van der Waals surface area contributed by atoms with Crippen molar-refractivity contribution in [3.8, 4) is 0 Å². The Balaban J connectivity index is 2.03. The number of benzene rings is 1. The molecule has 1 unspecified atom stereocenters. The molecule has 1 N–H and O–H groups in total. The van der Waals surface area contributed by atoms with Crippen molar-refractivity contribution in [1.29, 1.82) is 0 Å². The number of aryl methyl sites for hydroxylation is 1. The van der Waals surface area contributed by atoms with Gasteiger partial charge in [-0.2, -0.15) is 0 Å². The smallest absolute Gasteiger partial charge is 0.127 e. The third-order valence-electron chi connectivity index (χ3n) is 3.11. The van der Waals surface area contributed by atoms with Gasteiger partial charge in [-0.3, -0.25) is 4.98 Å². The van der Waals surface area contributed by atoms with Crippen molar-refractivity contribution >= 4 is 0 Å². The summed E-state index contributed by atoms with van der Waals surface area (Å²) < 4.78 is 13.6. The minimum atomic E-state index is -0.163. The Morgan fingerprint density at radius 2 is 2.06 bits per heavy atom. The number of halogens is 1. The van der Waals surface area contributed by atoms with Crippen molar-refractivity contribution in [2.45, 2.75) is 26.4 Å². The SMILES string of the molecule is Cc1cnccc1CNC(C)c1ccccc1F. The van der Waals surface area contributed by atoms with Gasteiger partial charge >= 0.3 is 0 Å². The van der Waals surface area contributed by atoms with E-state index in [2.05, 4.69) is 10.3 Å². The third kappa shape index (κ3) is 2.93. The van der Waals surface area contributed by atoms with Gasteiger partial charge in [0.2, 0.25) is 0 Å². The number of pyridine rings is 1. The zero-order valence-electron chi connectivity index (χ0n) is 10.7. The van der Waals surface area contributed by atoms with E-state index < -0.39 is 0 Å². The molecule has 0 spiro atoms. The lowest BCUT2D eigenvalue weighted by Gasteiger charge is -2.15. The summed E-state index contributed by atoms with van der Waals surface area (Å²) in [6, 6.07) is 8.83. The fraction of sp³-hybridized carbons (Fsp3) is 0.267. The van der Waals surface area contributed by atoms with Crippen LogP contribution in [0.3, 0.4) is 0 Å². The first-order chi connectivity index (χ1) is 8.68. The molecule has 2 nitrogen and oxygen atoms in total. The molecular formula is C15H17FN2. The normalized spacial score (nSPS) is 12.4. The van der Waals surface area contributed by atoms with E-state index in [0.717, 1.165) is 5.56 Å². The van der Waals surface area contributed by atoms with Gasteiger partial charge in [0, 0.05) is 30.5 Å². The predicted octanol–water partition coefficient (Wildman–Crippen LogP) is 3.38. The molecule has 1 atom stereocenters. The number of rotatable bonds is 4. The molecule has 1 aromatic heterocycles. The molecule has 2 rings (SSSR count). The van der Waals surface area contributed by atoms with Gasteiger partial charge in [-0.25, -0.2) is 4.39 Å². The molecule has 0 aliphatic carbocycles. The molecule has 0 aliphatic rings. The molecule has 0 saturated heterocycles. The second-order valence-electron chi connectivity index (χ2n) is 4.43. The molecule has 0 bridgehead atoms. The Labute approximate surface area is 107 Å². The highest BCUT2D eigenvalue weighted by atomic mass is 19.1. The number of nitrogens with zero attached hydrogens (tertiary/aromatic N) is 1. The Morgan fingerprint density at radius 3 is 2.78 bits per heavy atom. The lowest BCUT2D eigenvalue weighted by molar-refractivity contribution is 0.527. The van der Waals surface area contributed by atoms with Crippen LogP contribution in [0.4, 0.5) is 4.39 Å². The average molecular weight is 244 g/mol. The van der Waals surface area contributed by atoms with Crippen molar-refractivity contribution in [3.05, 3.63) is 65.2 Å². The Morgan fingerprint density at radius 1 is 1.28 bits per heavy atom. The van der Waals surface area contributed by atoms with Gasteiger partial charge in [0.05, 0.1) is 0 Å². The van der Waals surface area contributed by atoms with Gasteiger partial charge < -0.3 is 5.32 Å². The van der Waals surface area contributed by atoms with Crippen molar-refractivity contribution < 1.29 is 4.39 Å². The summed E-state index contributed by atoms with van der Waals surface area (Å²) in [6.07, 6.45) is 3.61. The second-order valence-corrected chi connectivity index (χ2v) is 4.43. The second kappa shape index (κ2) is 5.74. The summed E-state index contributed by atoms with van der Waals surface area (Å²) in [7, 11) is 0. The van der Waals surface area contributed by atoms with E-state index in [0.29, 0.717) is 12.1 Å². The molecule has 0 aliphatic heterocycles. The van der Waals surface area contributed by atoms with E-state index >= 15 is 0 Å². The number of nitrogens with one attached hydrogen (secondary N) is 1. The zero-order valence-corrected chi connectivity index (χ0v) is 10.7. The van der Waals surface area contributed by atoms with E-state index in [9.17, 15) is 4.39 Å². The molecule has 0 fully saturated rings. The molecule has 0 saturated carbocycles. The van der Waals surface area contributed by atoms with E-state index in [1.807, 2.05) is 38.2 Å². The highest BCUT2D eigenvalue weighted by Crippen LogP contribution is 2.17. The highest BCUT2D eigenvalue weighted by molar-refractivity contribution is 5.23. The van der Waals surface area contributed by atoms with Gasteiger partial charge in [0.15, 0.2) is 0 Å². The van der Waals surface area contributed by atoms with Crippen molar-refractivity contribution in [2.24, 2.45) is 0 Å². The van der Waals surface area contributed by atoms with Crippen LogP contribution < -0.4 is 5.32 Å². The summed E-state index contributed by atoms with van der Waals surface area (Å²) in [6.45, 7) is 4.70. The van der Waals surface area contributed by atoms with Crippen LogP contribution in [-0.2, 0) is 6.54 Å². The van der Waals surface area contributed by atoms with Gasteiger partial charge in [-0.05, 0) is 37.1 Å². The van der Waals surface area contributed by atoms with Crippen LogP contribution in [0.25, 0.3) is 0 Å². The standard InChI is InChI=1S/C15H17FN2/c1-11-9-17-8-7-13(11)10-18-12(2)14-5-3-4-6-15(14)16/h3-9,12,18H,10H2,1-2H3. The monoisotopic (exact) mass is 244 g/mol. The quantitative estimate of drug-likeness (QED) is 0.891. The highest BCUT2D eigenvalue weighted by Gasteiger charge is 2.09. The topological polar surface area (TPSA) is 24.9 Å². The summed E-state index contributed by atoms with van der Waals surface area (Å²) in [5, 5.41) is 3.33. The Bertz CT molecular complexity index is 525. The molecule has 2 aromatic rings. The Hall–Kier alpha value is -1.74. The molecule has 18 heavy (non-hydrogen) atoms. The fourth-order valence-corrected chi connectivity index (χ4v) is 1.90. The van der Waals surface area contributed by atoms with Gasteiger partial charge in [0.25, 0.3) is 0 Å².